The molecule has 1 aromatic carbocycles. The van der Waals surface area contributed by atoms with Crippen LogP contribution in [0.1, 0.15) is 15.2 Å². The summed E-state index contributed by atoms with van der Waals surface area (Å²) in [4.78, 5) is 15.2. The second kappa shape index (κ2) is 6.28. The number of carbonyl (C=O) groups excluding carboxylic acids is 1. The van der Waals surface area contributed by atoms with Crippen LogP contribution in [0.2, 0.25) is 0 Å². The molecule has 0 fully saturated rings. The summed E-state index contributed by atoms with van der Waals surface area (Å²) in [6, 6.07) is 7.20. The third-order valence-electron chi connectivity index (χ3n) is 2.85. The molecule has 0 saturated heterocycles. The molecule has 0 atom stereocenters. The number of hydrogen-bond acceptors (Lipinski definition) is 4. The maximum atomic E-state index is 12.5. The average Bonchev–Trinajstić information content (AvgIpc) is 2.82. The van der Waals surface area contributed by atoms with E-state index in [0.29, 0.717) is 23.5 Å². The zero-order valence-corrected chi connectivity index (χ0v) is 13.6. The SMILES string of the molecule is COc1cccc(N)c1C(=O)N(C)Cc1cc(Br)cs1. The van der Waals surface area contributed by atoms with Crippen molar-refractivity contribution in [1.82, 2.24) is 4.90 Å². The lowest BCUT2D eigenvalue weighted by Gasteiger charge is -2.19. The van der Waals surface area contributed by atoms with Gasteiger partial charge in [-0.25, -0.2) is 0 Å². The number of nitrogen functional groups attached to an aromatic ring is 1. The molecule has 106 valence electrons. The van der Waals surface area contributed by atoms with E-state index in [0.717, 1.165) is 9.35 Å². The fourth-order valence-electron chi connectivity index (χ4n) is 1.88. The van der Waals surface area contributed by atoms with Gasteiger partial charge in [0.15, 0.2) is 0 Å². The van der Waals surface area contributed by atoms with Crippen molar-refractivity contribution in [1.29, 1.82) is 0 Å². The van der Waals surface area contributed by atoms with Crippen LogP contribution in [0, 0.1) is 0 Å². The zero-order chi connectivity index (χ0) is 14.7. The Hall–Kier alpha value is -1.53. The maximum Gasteiger partial charge on any atom is 0.259 e. The quantitative estimate of drug-likeness (QED) is 0.856. The van der Waals surface area contributed by atoms with E-state index < -0.39 is 0 Å². The van der Waals surface area contributed by atoms with E-state index in [1.165, 1.54) is 7.11 Å². The molecule has 4 nitrogen and oxygen atoms in total. The van der Waals surface area contributed by atoms with E-state index in [-0.39, 0.29) is 5.91 Å². The smallest absolute Gasteiger partial charge is 0.259 e. The molecule has 2 N–H and O–H groups in total. The first-order valence-electron chi connectivity index (χ1n) is 5.93. The molecule has 0 aliphatic rings. The number of hydrogen-bond donors (Lipinski definition) is 1. The van der Waals surface area contributed by atoms with E-state index in [9.17, 15) is 4.79 Å². The molecule has 1 amide bonds. The highest BCUT2D eigenvalue weighted by Gasteiger charge is 2.20. The number of rotatable bonds is 4. The maximum absolute atomic E-state index is 12.5. The monoisotopic (exact) mass is 354 g/mol. The van der Waals surface area contributed by atoms with Gasteiger partial charge in [0.2, 0.25) is 0 Å². The Bertz CT molecular complexity index is 627. The van der Waals surface area contributed by atoms with Crippen LogP contribution >= 0.6 is 27.3 Å². The molecule has 6 heteroatoms. The van der Waals surface area contributed by atoms with Crippen molar-refractivity contribution >= 4 is 38.9 Å². The summed E-state index contributed by atoms with van der Waals surface area (Å²) < 4.78 is 6.24. The predicted molar refractivity (Wildman–Crippen MR) is 85.2 cm³/mol. The minimum Gasteiger partial charge on any atom is -0.496 e. The lowest BCUT2D eigenvalue weighted by molar-refractivity contribution is 0.0784. The largest absolute Gasteiger partial charge is 0.496 e. The summed E-state index contributed by atoms with van der Waals surface area (Å²) in [6.45, 7) is 0.534. The van der Waals surface area contributed by atoms with E-state index in [1.54, 1.807) is 41.5 Å². The van der Waals surface area contributed by atoms with Gasteiger partial charge in [-0.3, -0.25) is 4.79 Å². The van der Waals surface area contributed by atoms with Gasteiger partial charge in [0, 0.05) is 27.5 Å². The first kappa shape index (κ1) is 14.9. The van der Waals surface area contributed by atoms with Crippen LogP contribution < -0.4 is 10.5 Å². The summed E-state index contributed by atoms with van der Waals surface area (Å²) in [7, 11) is 3.28. The molecule has 0 aliphatic carbocycles. The summed E-state index contributed by atoms with van der Waals surface area (Å²) in [6.07, 6.45) is 0. The van der Waals surface area contributed by atoms with Crippen LogP contribution in [-0.4, -0.2) is 25.0 Å². The van der Waals surface area contributed by atoms with Gasteiger partial charge in [0.05, 0.1) is 13.7 Å². The van der Waals surface area contributed by atoms with Gasteiger partial charge in [-0.05, 0) is 34.1 Å². The van der Waals surface area contributed by atoms with Crippen molar-refractivity contribution in [2.45, 2.75) is 6.54 Å². The average molecular weight is 355 g/mol. The number of methoxy groups -OCH3 is 1. The summed E-state index contributed by atoms with van der Waals surface area (Å²) in [5, 5.41) is 1.99. The van der Waals surface area contributed by atoms with Crippen molar-refractivity contribution in [2.24, 2.45) is 0 Å². The van der Waals surface area contributed by atoms with E-state index in [2.05, 4.69) is 15.9 Å². The molecule has 1 heterocycles. The van der Waals surface area contributed by atoms with Crippen molar-refractivity contribution in [2.75, 3.05) is 19.9 Å². The number of anilines is 1. The van der Waals surface area contributed by atoms with Gasteiger partial charge >= 0.3 is 0 Å². The van der Waals surface area contributed by atoms with E-state index in [4.69, 9.17) is 10.5 Å². The molecule has 1 aromatic heterocycles. The third kappa shape index (κ3) is 3.13. The zero-order valence-electron chi connectivity index (χ0n) is 11.2. The topological polar surface area (TPSA) is 55.6 Å². The summed E-state index contributed by atoms with van der Waals surface area (Å²) in [5.74, 6) is 0.346. The fraction of sp³-hybridized carbons (Fsp3) is 0.214. The van der Waals surface area contributed by atoms with Crippen molar-refractivity contribution < 1.29 is 9.53 Å². The highest BCUT2D eigenvalue weighted by atomic mass is 79.9. The first-order valence-corrected chi connectivity index (χ1v) is 7.61. The molecular formula is C14H15BrN2O2S. The highest BCUT2D eigenvalue weighted by molar-refractivity contribution is 9.10. The molecule has 2 aromatic rings. The number of benzene rings is 1. The number of carbonyl (C=O) groups is 1. The number of halogens is 1. The van der Waals surface area contributed by atoms with Crippen LogP contribution in [0.25, 0.3) is 0 Å². The van der Waals surface area contributed by atoms with Gasteiger partial charge in [-0.2, -0.15) is 0 Å². The third-order valence-corrected chi connectivity index (χ3v) is 4.54. The highest BCUT2D eigenvalue weighted by Crippen LogP contribution is 2.27. The molecule has 0 aliphatic heterocycles. The molecular weight excluding hydrogens is 340 g/mol. The van der Waals surface area contributed by atoms with Crippen LogP contribution in [0.15, 0.2) is 34.1 Å². The molecule has 0 radical (unpaired) electrons. The Labute approximate surface area is 130 Å². The van der Waals surface area contributed by atoms with Gasteiger partial charge in [-0.1, -0.05) is 6.07 Å². The molecule has 0 unspecified atom stereocenters. The Kier molecular flexibility index (Phi) is 4.67. The molecule has 20 heavy (non-hydrogen) atoms. The standard InChI is InChI=1S/C14H15BrN2O2S/c1-17(7-10-6-9(15)8-20-10)14(18)13-11(16)4-3-5-12(13)19-2/h3-6,8H,7,16H2,1-2H3. The lowest BCUT2D eigenvalue weighted by Crippen LogP contribution is -2.27. The normalized spacial score (nSPS) is 10.3. The minimum atomic E-state index is -0.149. The number of nitrogens with two attached hydrogens (primary N) is 1. The molecule has 0 bridgehead atoms. The molecule has 0 saturated carbocycles. The first-order chi connectivity index (χ1) is 9.52. The Morgan fingerprint density at radius 1 is 1.50 bits per heavy atom. The molecule has 2 rings (SSSR count). The van der Waals surface area contributed by atoms with Crippen molar-refractivity contribution in [3.63, 3.8) is 0 Å². The predicted octanol–water partition coefficient (Wildman–Crippen LogP) is 3.37. The van der Waals surface area contributed by atoms with E-state index >= 15 is 0 Å². The lowest BCUT2D eigenvalue weighted by atomic mass is 10.1. The minimum absolute atomic E-state index is 0.149. The number of nitrogens with zero attached hydrogens (tertiary/aromatic N) is 1. The van der Waals surface area contributed by atoms with Gasteiger partial charge < -0.3 is 15.4 Å². The summed E-state index contributed by atoms with van der Waals surface area (Å²) in [5.41, 5.74) is 6.74. The fourth-order valence-corrected chi connectivity index (χ4v) is 3.38. The van der Waals surface area contributed by atoms with Gasteiger partial charge in [0.25, 0.3) is 5.91 Å². The second-order valence-electron chi connectivity index (χ2n) is 4.32. The number of thiophene rings is 1. The second-order valence-corrected chi connectivity index (χ2v) is 6.23. The Morgan fingerprint density at radius 3 is 2.85 bits per heavy atom. The van der Waals surface area contributed by atoms with Crippen LogP contribution in [0.4, 0.5) is 5.69 Å². The number of amides is 1. The molecule has 0 spiro atoms. The van der Waals surface area contributed by atoms with Crippen LogP contribution in [0.5, 0.6) is 5.75 Å². The van der Waals surface area contributed by atoms with Gasteiger partial charge in [0.1, 0.15) is 11.3 Å². The van der Waals surface area contributed by atoms with Crippen LogP contribution in [-0.2, 0) is 6.54 Å². The number of ether oxygens (including phenoxy) is 1. The van der Waals surface area contributed by atoms with E-state index in [1.807, 2.05) is 11.4 Å². The Balaban J connectivity index is 2.22. The summed E-state index contributed by atoms with van der Waals surface area (Å²) >= 11 is 5.01. The van der Waals surface area contributed by atoms with Crippen LogP contribution in [0.3, 0.4) is 0 Å². The van der Waals surface area contributed by atoms with Gasteiger partial charge in [-0.15, -0.1) is 11.3 Å². The van der Waals surface area contributed by atoms with Crippen molar-refractivity contribution in [3.8, 4) is 5.75 Å². The van der Waals surface area contributed by atoms with Crippen molar-refractivity contribution in [3.05, 3.63) is 44.6 Å². The Morgan fingerprint density at radius 2 is 2.25 bits per heavy atom.